The van der Waals surface area contributed by atoms with Gasteiger partial charge in [0.1, 0.15) is 15.7 Å². The number of hydrogen-bond donors (Lipinski definition) is 1. The topological polar surface area (TPSA) is 78.0 Å². The van der Waals surface area contributed by atoms with E-state index < -0.39 is 0 Å². The van der Waals surface area contributed by atoms with Crippen LogP contribution in [-0.2, 0) is 6.54 Å². The van der Waals surface area contributed by atoms with Crippen molar-refractivity contribution in [1.82, 2.24) is 25.1 Å². The first kappa shape index (κ1) is 18.5. The molecule has 0 spiro atoms. The van der Waals surface area contributed by atoms with Gasteiger partial charge in [-0.1, -0.05) is 25.2 Å². The minimum absolute atomic E-state index is 0.0226. The molecular weight excluding hydrogens is 380 g/mol. The maximum atomic E-state index is 12.4. The number of fused-ring (bicyclic) bond motifs is 1. The van der Waals surface area contributed by atoms with E-state index in [1.165, 1.54) is 0 Å². The van der Waals surface area contributed by atoms with Crippen LogP contribution < -0.4 is 10.5 Å². The largest absolute Gasteiger partial charge is 0.344 e. The Labute approximate surface area is 166 Å². The summed E-state index contributed by atoms with van der Waals surface area (Å²) in [5, 5.41) is 11.5. The van der Waals surface area contributed by atoms with Crippen molar-refractivity contribution in [2.24, 2.45) is 0 Å². The van der Waals surface area contributed by atoms with Gasteiger partial charge in [0, 0.05) is 37.0 Å². The molecule has 144 valence electrons. The number of nitrogens with one attached hydrogen (secondary N) is 1. The quantitative estimate of drug-likeness (QED) is 0.720. The number of aromatic amines is 1. The molecular formula is C18H24N6OS2. The Balaban J connectivity index is 1.43. The Bertz CT molecular complexity index is 1010. The van der Waals surface area contributed by atoms with E-state index in [4.69, 9.17) is 4.98 Å². The van der Waals surface area contributed by atoms with E-state index in [0.29, 0.717) is 12.5 Å². The highest BCUT2D eigenvalue weighted by atomic mass is 32.1. The second kappa shape index (κ2) is 7.29. The summed E-state index contributed by atoms with van der Waals surface area (Å²) in [7, 11) is 0. The van der Waals surface area contributed by atoms with Crippen molar-refractivity contribution in [3.63, 3.8) is 0 Å². The number of aromatic nitrogens is 4. The third kappa shape index (κ3) is 3.63. The van der Waals surface area contributed by atoms with Crippen LogP contribution in [0.2, 0.25) is 0 Å². The zero-order valence-corrected chi connectivity index (χ0v) is 17.7. The van der Waals surface area contributed by atoms with Gasteiger partial charge in [0.2, 0.25) is 5.13 Å². The van der Waals surface area contributed by atoms with Gasteiger partial charge < -0.3 is 9.88 Å². The van der Waals surface area contributed by atoms with Crippen LogP contribution >= 0.6 is 22.7 Å². The Kier molecular flexibility index (Phi) is 5.00. The molecule has 1 saturated heterocycles. The summed E-state index contributed by atoms with van der Waals surface area (Å²) in [6, 6.07) is 0. The number of H-pyrrole nitrogens is 1. The Morgan fingerprint density at radius 1 is 1.11 bits per heavy atom. The Morgan fingerprint density at radius 2 is 1.85 bits per heavy atom. The monoisotopic (exact) mass is 404 g/mol. The van der Waals surface area contributed by atoms with E-state index in [2.05, 4.69) is 38.8 Å². The number of nitrogens with zero attached hydrogens (tertiary/aromatic N) is 5. The first-order chi connectivity index (χ1) is 12.9. The molecule has 4 heterocycles. The molecule has 3 aromatic heterocycles. The van der Waals surface area contributed by atoms with Crippen molar-refractivity contribution >= 4 is 38.0 Å². The molecule has 4 rings (SSSR count). The maximum absolute atomic E-state index is 12.4. The molecule has 1 aliphatic heterocycles. The number of aryl methyl sites for hydroxylation is 2. The van der Waals surface area contributed by atoms with Crippen molar-refractivity contribution < 1.29 is 0 Å². The molecule has 0 radical (unpaired) electrons. The molecule has 0 atom stereocenters. The number of anilines is 1. The number of thiophene rings is 1. The fraction of sp³-hybridized carbons (Fsp3) is 0.556. The molecule has 0 bridgehead atoms. The minimum Gasteiger partial charge on any atom is -0.344 e. The molecule has 0 aliphatic carbocycles. The molecule has 27 heavy (non-hydrogen) atoms. The van der Waals surface area contributed by atoms with Gasteiger partial charge >= 0.3 is 0 Å². The lowest BCUT2D eigenvalue weighted by atomic mass is 10.2. The van der Waals surface area contributed by atoms with Crippen LogP contribution in [0.15, 0.2) is 4.79 Å². The average Bonchev–Trinajstić information content (AvgIpc) is 3.22. The minimum atomic E-state index is -0.0226. The summed E-state index contributed by atoms with van der Waals surface area (Å²) in [4.78, 5) is 26.7. The smallest absolute Gasteiger partial charge is 0.259 e. The number of hydrogen-bond acceptors (Lipinski definition) is 8. The van der Waals surface area contributed by atoms with E-state index >= 15 is 0 Å². The third-order valence-corrected chi connectivity index (χ3v) is 7.41. The molecule has 3 aromatic rings. The lowest BCUT2D eigenvalue weighted by Gasteiger charge is -2.33. The second-order valence-electron chi connectivity index (χ2n) is 7.32. The zero-order chi connectivity index (χ0) is 19.1. The van der Waals surface area contributed by atoms with Crippen molar-refractivity contribution in [2.75, 3.05) is 31.1 Å². The normalized spacial score (nSPS) is 16.0. The fourth-order valence-corrected chi connectivity index (χ4v) is 5.22. The predicted octanol–water partition coefficient (Wildman–Crippen LogP) is 2.90. The van der Waals surface area contributed by atoms with Gasteiger partial charge in [0.05, 0.1) is 11.9 Å². The molecule has 9 heteroatoms. The number of piperazine rings is 1. The van der Waals surface area contributed by atoms with Crippen LogP contribution in [0.5, 0.6) is 0 Å². The summed E-state index contributed by atoms with van der Waals surface area (Å²) in [5.41, 5.74) is 1.02. The maximum Gasteiger partial charge on any atom is 0.259 e. The van der Waals surface area contributed by atoms with Gasteiger partial charge in [-0.05, 0) is 19.4 Å². The summed E-state index contributed by atoms with van der Waals surface area (Å²) in [6.45, 7) is 12.6. The molecule has 7 nitrogen and oxygen atoms in total. The Hall–Kier alpha value is -1.84. The van der Waals surface area contributed by atoms with Crippen LogP contribution in [0.4, 0.5) is 5.13 Å². The van der Waals surface area contributed by atoms with Gasteiger partial charge in [-0.3, -0.25) is 9.69 Å². The summed E-state index contributed by atoms with van der Waals surface area (Å²) in [6.07, 6.45) is 0. The van der Waals surface area contributed by atoms with E-state index in [-0.39, 0.29) is 5.56 Å². The van der Waals surface area contributed by atoms with Crippen LogP contribution in [0.25, 0.3) is 10.2 Å². The van der Waals surface area contributed by atoms with Gasteiger partial charge in [0.25, 0.3) is 5.56 Å². The molecule has 1 fully saturated rings. The molecule has 1 aliphatic rings. The van der Waals surface area contributed by atoms with Gasteiger partial charge in [-0.25, -0.2) is 4.98 Å². The Morgan fingerprint density at radius 3 is 2.52 bits per heavy atom. The highest BCUT2D eigenvalue weighted by molar-refractivity contribution is 7.18. The summed E-state index contributed by atoms with van der Waals surface area (Å²) < 4.78 is 0. The highest BCUT2D eigenvalue weighted by Crippen LogP contribution is 2.27. The van der Waals surface area contributed by atoms with Gasteiger partial charge in [-0.2, -0.15) is 0 Å². The number of rotatable bonds is 4. The molecule has 0 unspecified atom stereocenters. The summed E-state index contributed by atoms with van der Waals surface area (Å²) in [5.74, 6) is 1.17. The van der Waals surface area contributed by atoms with E-state index in [0.717, 1.165) is 62.8 Å². The van der Waals surface area contributed by atoms with Crippen LogP contribution in [0.3, 0.4) is 0 Å². The van der Waals surface area contributed by atoms with Crippen molar-refractivity contribution in [1.29, 1.82) is 0 Å². The lowest BCUT2D eigenvalue weighted by molar-refractivity contribution is 0.244. The third-order valence-electron chi connectivity index (χ3n) is 5.03. The zero-order valence-electron chi connectivity index (χ0n) is 16.1. The van der Waals surface area contributed by atoms with E-state index in [1.54, 1.807) is 22.7 Å². The molecule has 1 N–H and O–H groups in total. The van der Waals surface area contributed by atoms with Gasteiger partial charge in [0.15, 0.2) is 0 Å². The highest BCUT2D eigenvalue weighted by Gasteiger charge is 2.22. The van der Waals surface area contributed by atoms with Crippen molar-refractivity contribution in [3.8, 4) is 0 Å². The lowest BCUT2D eigenvalue weighted by Crippen LogP contribution is -2.46. The van der Waals surface area contributed by atoms with Crippen LogP contribution in [0.1, 0.15) is 41.0 Å². The fourth-order valence-electron chi connectivity index (χ4n) is 3.27. The first-order valence-corrected chi connectivity index (χ1v) is 10.8. The van der Waals surface area contributed by atoms with Crippen molar-refractivity contribution in [3.05, 3.63) is 31.6 Å². The molecule has 0 aromatic carbocycles. The van der Waals surface area contributed by atoms with Crippen LogP contribution in [-0.4, -0.2) is 51.2 Å². The predicted molar refractivity (Wildman–Crippen MR) is 111 cm³/mol. The van der Waals surface area contributed by atoms with Crippen molar-refractivity contribution in [2.45, 2.75) is 40.2 Å². The van der Waals surface area contributed by atoms with E-state index in [9.17, 15) is 4.79 Å². The average molecular weight is 405 g/mol. The van der Waals surface area contributed by atoms with E-state index in [1.807, 2.05) is 13.8 Å². The van der Waals surface area contributed by atoms with Gasteiger partial charge in [-0.15, -0.1) is 21.5 Å². The SMILES string of the molecule is Cc1sc2nc(CN3CCN(c4nnc(C(C)C)s4)CC3)[nH]c(=O)c2c1C. The first-order valence-electron chi connectivity index (χ1n) is 9.22. The molecule has 0 saturated carbocycles. The van der Waals surface area contributed by atoms with Crippen LogP contribution in [0, 0.1) is 13.8 Å². The second-order valence-corrected chi connectivity index (χ2v) is 9.51. The standard InChI is InChI=1S/C18H24N6OS2/c1-10(2)16-21-22-18(27-16)24-7-5-23(6-8-24)9-13-19-15(25)14-11(3)12(4)26-17(14)20-13/h10H,5-9H2,1-4H3,(H,19,20,25). The summed E-state index contributed by atoms with van der Waals surface area (Å²) >= 11 is 3.29. The molecule has 0 amide bonds.